The monoisotopic (exact) mass is 396 g/mol. The number of hydrogen-bond acceptors (Lipinski definition) is 5. The molecule has 0 radical (unpaired) electrons. The number of rotatable bonds is 5. The average molecular weight is 396 g/mol. The van der Waals surface area contributed by atoms with E-state index < -0.39 is 0 Å². The minimum atomic E-state index is 0.0509. The van der Waals surface area contributed by atoms with Gasteiger partial charge in [-0.3, -0.25) is 9.69 Å². The second-order valence-electron chi connectivity index (χ2n) is 7.35. The highest BCUT2D eigenvalue weighted by Crippen LogP contribution is 2.27. The summed E-state index contributed by atoms with van der Waals surface area (Å²) in [7, 11) is 0. The number of para-hydroxylation sites is 1. The first-order valence-electron chi connectivity index (χ1n) is 10.3. The van der Waals surface area contributed by atoms with E-state index in [1.165, 1.54) is 5.56 Å². The van der Waals surface area contributed by atoms with Gasteiger partial charge in [0, 0.05) is 57.6 Å². The molecular weight excluding hydrogens is 368 g/mol. The molecule has 0 atom stereocenters. The van der Waals surface area contributed by atoms with Gasteiger partial charge in [0.25, 0.3) is 0 Å². The van der Waals surface area contributed by atoms with Gasteiger partial charge in [0.2, 0.25) is 5.91 Å². The first-order valence-corrected chi connectivity index (χ1v) is 10.3. The molecule has 1 saturated heterocycles. The lowest BCUT2D eigenvalue weighted by Crippen LogP contribution is -2.52. The number of carbonyl (C=O) groups excluding carboxylic acids is 1. The maximum atomic E-state index is 12.8. The topological polar surface area (TPSA) is 77.2 Å². The number of carbonyl (C=O) groups is 1. The maximum absolute atomic E-state index is 12.8. The van der Waals surface area contributed by atoms with Crippen LogP contribution in [0.2, 0.25) is 0 Å². The molecule has 1 amide bonds. The fraction of sp³-hybridized carbons (Fsp3) is 0.476. The van der Waals surface area contributed by atoms with Gasteiger partial charge in [0.05, 0.1) is 5.69 Å². The summed E-state index contributed by atoms with van der Waals surface area (Å²) >= 11 is 0. The van der Waals surface area contributed by atoms with Gasteiger partial charge in [0.15, 0.2) is 5.96 Å². The Kier molecular flexibility index (Phi) is 6.09. The Morgan fingerprint density at radius 3 is 2.76 bits per heavy atom. The Balaban J connectivity index is 1.34. The predicted octanol–water partition coefficient (Wildman–Crippen LogP) is 1.35. The Labute approximate surface area is 171 Å². The second kappa shape index (κ2) is 9.09. The third-order valence-corrected chi connectivity index (χ3v) is 5.44. The van der Waals surface area contributed by atoms with Crippen LogP contribution in [0.3, 0.4) is 0 Å². The number of benzene rings is 1. The van der Waals surface area contributed by atoms with Crippen molar-refractivity contribution in [3.8, 4) is 0 Å². The molecular formula is C21H28N6O2. The summed E-state index contributed by atoms with van der Waals surface area (Å²) in [6, 6.07) is 10.0. The van der Waals surface area contributed by atoms with E-state index in [2.05, 4.69) is 38.3 Å². The smallest absolute Gasteiger partial charge is 0.248 e. The molecule has 1 fully saturated rings. The largest absolute Gasteiger partial charge is 0.364 e. The Morgan fingerprint density at radius 2 is 2.00 bits per heavy atom. The van der Waals surface area contributed by atoms with Gasteiger partial charge in [-0.05, 0) is 25.0 Å². The number of aromatic nitrogens is 1. The molecule has 1 aromatic heterocycles. The molecule has 29 heavy (non-hydrogen) atoms. The highest BCUT2D eigenvalue weighted by Gasteiger charge is 2.25. The molecule has 1 N–H and O–H groups in total. The van der Waals surface area contributed by atoms with Crippen LogP contribution in [0.5, 0.6) is 0 Å². The summed E-state index contributed by atoms with van der Waals surface area (Å²) in [4.78, 5) is 23.9. The van der Waals surface area contributed by atoms with Gasteiger partial charge in [-0.25, -0.2) is 4.99 Å². The van der Waals surface area contributed by atoms with E-state index in [4.69, 9.17) is 4.52 Å². The number of amides is 1. The number of nitrogens with one attached hydrogen (secondary N) is 1. The van der Waals surface area contributed by atoms with Crippen molar-refractivity contribution >= 4 is 17.6 Å². The van der Waals surface area contributed by atoms with Crippen LogP contribution >= 0.6 is 0 Å². The van der Waals surface area contributed by atoms with Gasteiger partial charge in [-0.1, -0.05) is 23.4 Å². The number of hydrogen-bond donors (Lipinski definition) is 1. The minimum Gasteiger partial charge on any atom is -0.364 e. The summed E-state index contributed by atoms with van der Waals surface area (Å²) in [6.07, 6.45) is 2.52. The van der Waals surface area contributed by atoms with E-state index >= 15 is 0 Å². The van der Waals surface area contributed by atoms with Crippen LogP contribution in [0.4, 0.5) is 5.69 Å². The molecule has 8 nitrogen and oxygen atoms in total. The molecule has 4 rings (SSSR count). The number of piperazine rings is 1. The van der Waals surface area contributed by atoms with Crippen molar-refractivity contribution in [3.63, 3.8) is 0 Å². The molecule has 0 unspecified atom stereocenters. The van der Waals surface area contributed by atoms with Crippen molar-refractivity contribution in [2.24, 2.45) is 4.99 Å². The van der Waals surface area contributed by atoms with Crippen molar-refractivity contribution in [3.05, 3.63) is 47.9 Å². The highest BCUT2D eigenvalue weighted by atomic mass is 16.5. The Hall–Kier alpha value is -2.87. The lowest BCUT2D eigenvalue weighted by Gasteiger charge is -2.36. The molecule has 2 aromatic rings. The fourth-order valence-corrected chi connectivity index (χ4v) is 3.92. The van der Waals surface area contributed by atoms with Crippen LogP contribution in [0.1, 0.15) is 18.2 Å². The summed E-state index contributed by atoms with van der Waals surface area (Å²) in [5.74, 6) is 0.865. The van der Waals surface area contributed by atoms with Crippen molar-refractivity contribution < 1.29 is 9.32 Å². The van der Waals surface area contributed by atoms with E-state index in [0.29, 0.717) is 0 Å². The zero-order chi connectivity index (χ0) is 20.1. The maximum Gasteiger partial charge on any atom is 0.248 e. The molecule has 0 saturated carbocycles. The lowest BCUT2D eigenvalue weighted by atomic mass is 10.2. The lowest BCUT2D eigenvalue weighted by molar-refractivity contribution is -0.117. The molecule has 2 aliphatic heterocycles. The third kappa shape index (κ3) is 4.59. The Bertz CT molecular complexity index is 843. The highest BCUT2D eigenvalue weighted by molar-refractivity contribution is 5.98. The third-order valence-electron chi connectivity index (χ3n) is 5.44. The number of aliphatic imine (C=N–C) groups is 1. The SMILES string of the molecule is CCNC(=NCC(=O)N1CCc2ccccc21)N1CCN(Cc2ccon2)CC1. The van der Waals surface area contributed by atoms with E-state index in [0.717, 1.165) is 69.6 Å². The first-order chi connectivity index (χ1) is 14.2. The molecule has 0 bridgehead atoms. The first kappa shape index (κ1) is 19.4. The number of guanidine groups is 1. The molecule has 0 aliphatic carbocycles. The quantitative estimate of drug-likeness (QED) is 0.607. The summed E-state index contributed by atoms with van der Waals surface area (Å²) < 4.78 is 4.91. The van der Waals surface area contributed by atoms with Crippen LogP contribution in [-0.4, -0.2) is 72.6 Å². The van der Waals surface area contributed by atoms with Crippen LogP contribution in [0.15, 0.2) is 46.1 Å². The molecule has 2 aliphatic rings. The fourth-order valence-electron chi connectivity index (χ4n) is 3.92. The van der Waals surface area contributed by atoms with Gasteiger partial charge in [0.1, 0.15) is 12.8 Å². The number of nitrogens with zero attached hydrogens (tertiary/aromatic N) is 5. The summed E-state index contributed by atoms with van der Waals surface area (Å²) in [6.45, 7) is 8.10. The van der Waals surface area contributed by atoms with Gasteiger partial charge < -0.3 is 19.6 Å². The van der Waals surface area contributed by atoms with Crippen LogP contribution in [0.25, 0.3) is 0 Å². The molecule has 0 spiro atoms. The standard InChI is InChI=1S/C21H28N6O2/c1-2-22-21(26-12-10-25(11-13-26)16-18-8-14-29-24-18)23-15-20(28)27-9-7-17-5-3-4-6-19(17)27/h3-6,8,14H,2,7,9-13,15-16H2,1H3,(H,22,23). The van der Waals surface area contributed by atoms with Gasteiger partial charge in [-0.15, -0.1) is 0 Å². The van der Waals surface area contributed by atoms with Crippen molar-refractivity contribution in [2.75, 3.05) is 50.7 Å². The van der Waals surface area contributed by atoms with Crippen molar-refractivity contribution in [2.45, 2.75) is 19.9 Å². The van der Waals surface area contributed by atoms with Crippen LogP contribution in [0, 0.1) is 0 Å². The summed E-state index contributed by atoms with van der Waals surface area (Å²) in [5, 5.41) is 7.33. The summed E-state index contributed by atoms with van der Waals surface area (Å²) in [5.41, 5.74) is 3.22. The van der Waals surface area contributed by atoms with Crippen LogP contribution < -0.4 is 10.2 Å². The van der Waals surface area contributed by atoms with Crippen LogP contribution in [-0.2, 0) is 17.8 Å². The number of fused-ring (bicyclic) bond motifs is 1. The molecule has 154 valence electrons. The van der Waals surface area contributed by atoms with Gasteiger partial charge >= 0.3 is 0 Å². The van der Waals surface area contributed by atoms with E-state index in [9.17, 15) is 4.79 Å². The van der Waals surface area contributed by atoms with Crippen molar-refractivity contribution in [1.82, 2.24) is 20.3 Å². The Morgan fingerprint density at radius 1 is 1.17 bits per heavy atom. The molecule has 8 heteroatoms. The molecule has 1 aromatic carbocycles. The number of anilines is 1. The normalized spacial score (nSPS) is 17.5. The zero-order valence-corrected chi connectivity index (χ0v) is 16.9. The second-order valence-corrected chi connectivity index (χ2v) is 7.35. The van der Waals surface area contributed by atoms with E-state index in [1.54, 1.807) is 6.26 Å². The molecule has 3 heterocycles. The van der Waals surface area contributed by atoms with Gasteiger partial charge in [-0.2, -0.15) is 0 Å². The average Bonchev–Trinajstić information content (AvgIpc) is 3.41. The van der Waals surface area contributed by atoms with E-state index in [1.807, 2.05) is 29.2 Å². The van der Waals surface area contributed by atoms with E-state index in [-0.39, 0.29) is 12.5 Å². The minimum absolute atomic E-state index is 0.0509. The van der Waals surface area contributed by atoms with Crippen molar-refractivity contribution in [1.29, 1.82) is 0 Å². The zero-order valence-electron chi connectivity index (χ0n) is 16.9. The predicted molar refractivity (Wildman–Crippen MR) is 112 cm³/mol.